The van der Waals surface area contributed by atoms with Gasteiger partial charge in [-0.15, -0.1) is 0 Å². The molecule has 9 heteroatoms. The maximum atomic E-state index is 12.6. The monoisotopic (exact) mass is 541 g/mol. The van der Waals surface area contributed by atoms with Crippen molar-refractivity contribution in [3.63, 3.8) is 0 Å². The molecule has 38 heavy (non-hydrogen) atoms. The summed E-state index contributed by atoms with van der Waals surface area (Å²) in [5, 5.41) is 6.44. The molecule has 8 nitrogen and oxygen atoms in total. The molecule has 1 aromatic rings. The largest absolute Gasteiger partial charge is 0.465 e. The Morgan fingerprint density at radius 1 is 1.11 bits per heavy atom. The SMILES string of the molecule is C/C=C(\N)C(N)=O.C=C/C=C\N(C)C1=C(NC(=O)Nc2ccc(O/C=C/C)cc2)C=C(C)CC(Cl)=C1.CC. The van der Waals surface area contributed by atoms with Crippen LogP contribution in [0.2, 0.25) is 0 Å². The second kappa shape index (κ2) is 19.0. The predicted molar refractivity (Wildman–Crippen MR) is 159 cm³/mol. The molecule has 0 spiro atoms. The van der Waals surface area contributed by atoms with Crippen LogP contribution in [-0.4, -0.2) is 23.9 Å². The fraction of sp³-hybridized carbons (Fsp3) is 0.241. The van der Waals surface area contributed by atoms with Crippen LogP contribution in [0.15, 0.2) is 107 Å². The number of halogens is 1. The van der Waals surface area contributed by atoms with Crippen molar-refractivity contribution >= 4 is 29.2 Å². The zero-order valence-electron chi connectivity index (χ0n) is 23.0. The lowest BCUT2D eigenvalue weighted by Gasteiger charge is -2.19. The molecule has 0 atom stereocenters. The van der Waals surface area contributed by atoms with E-state index in [1.807, 2.05) is 64.1 Å². The lowest BCUT2D eigenvalue weighted by atomic mass is 10.2. The van der Waals surface area contributed by atoms with Gasteiger partial charge in [-0.2, -0.15) is 0 Å². The van der Waals surface area contributed by atoms with Crippen LogP contribution in [-0.2, 0) is 4.79 Å². The zero-order valence-corrected chi connectivity index (χ0v) is 23.8. The van der Waals surface area contributed by atoms with Crippen LogP contribution in [0.5, 0.6) is 5.75 Å². The molecule has 3 amide bonds. The van der Waals surface area contributed by atoms with E-state index in [2.05, 4.69) is 17.2 Å². The van der Waals surface area contributed by atoms with Crippen molar-refractivity contribution in [2.45, 2.75) is 41.0 Å². The van der Waals surface area contributed by atoms with E-state index in [9.17, 15) is 9.59 Å². The molecule has 0 heterocycles. The third-order valence-electron chi connectivity index (χ3n) is 4.53. The first-order valence-electron chi connectivity index (χ1n) is 12.1. The highest BCUT2D eigenvalue weighted by Crippen LogP contribution is 2.25. The van der Waals surface area contributed by atoms with Gasteiger partial charge < -0.3 is 31.7 Å². The lowest BCUT2D eigenvalue weighted by molar-refractivity contribution is -0.114. The van der Waals surface area contributed by atoms with E-state index in [4.69, 9.17) is 27.8 Å². The second-order valence-electron chi connectivity index (χ2n) is 7.54. The summed E-state index contributed by atoms with van der Waals surface area (Å²) in [6, 6.07) is 6.77. The summed E-state index contributed by atoms with van der Waals surface area (Å²) < 4.78 is 5.38. The standard InChI is InChI=1S/C23H26ClN3O2.C4H8N2O.C2H6/c1-5-7-12-27(4)22-16-18(24)14-17(3)15-21(22)26-23(28)25-19-8-10-20(11-9-19)29-13-6-2;1-2-3(5)4(6)7;1-2/h5-13,15-16H,1,14H2,2-4H3,(H2,25,26,28);2H,5H2,1H3,(H2,6,7);1-2H3/b12-7-,13-6+;3-2-;. The minimum absolute atomic E-state index is 0.111. The highest BCUT2D eigenvalue weighted by atomic mass is 35.5. The number of carbonyl (C=O) groups excluding carboxylic acids is 2. The number of hydrogen-bond donors (Lipinski definition) is 4. The molecule has 0 fully saturated rings. The van der Waals surface area contributed by atoms with Gasteiger partial charge in [0.05, 0.1) is 23.4 Å². The molecule has 0 aromatic heterocycles. The number of rotatable bonds is 8. The van der Waals surface area contributed by atoms with E-state index in [1.54, 1.807) is 49.6 Å². The number of nitrogens with one attached hydrogen (secondary N) is 2. The number of carbonyl (C=O) groups is 2. The number of primary amides is 1. The van der Waals surface area contributed by atoms with Gasteiger partial charge in [0.1, 0.15) is 5.75 Å². The van der Waals surface area contributed by atoms with Crippen molar-refractivity contribution in [2.75, 3.05) is 12.4 Å². The van der Waals surface area contributed by atoms with Gasteiger partial charge in [0.25, 0.3) is 5.91 Å². The Balaban J connectivity index is 0.00000132. The highest BCUT2D eigenvalue weighted by molar-refractivity contribution is 6.30. The number of benzene rings is 1. The van der Waals surface area contributed by atoms with Gasteiger partial charge in [-0.3, -0.25) is 4.79 Å². The van der Waals surface area contributed by atoms with Crippen LogP contribution in [0, 0.1) is 0 Å². The lowest BCUT2D eigenvalue weighted by Crippen LogP contribution is -2.30. The minimum atomic E-state index is -0.567. The third kappa shape index (κ3) is 13.2. The van der Waals surface area contributed by atoms with Gasteiger partial charge in [-0.05, 0) is 63.3 Å². The van der Waals surface area contributed by atoms with Gasteiger partial charge in [-0.1, -0.05) is 55.8 Å². The molecule has 1 aromatic carbocycles. The van der Waals surface area contributed by atoms with Crippen molar-refractivity contribution in [1.82, 2.24) is 10.2 Å². The Bertz CT molecular complexity index is 1110. The molecule has 0 unspecified atom stereocenters. The van der Waals surface area contributed by atoms with E-state index in [0.717, 1.165) is 11.3 Å². The van der Waals surface area contributed by atoms with Crippen molar-refractivity contribution < 1.29 is 14.3 Å². The van der Waals surface area contributed by atoms with Gasteiger partial charge in [-0.25, -0.2) is 4.79 Å². The molecule has 2 rings (SSSR count). The van der Waals surface area contributed by atoms with Gasteiger partial charge in [0.2, 0.25) is 0 Å². The summed E-state index contributed by atoms with van der Waals surface area (Å²) in [5.41, 5.74) is 13.0. The topological polar surface area (TPSA) is 123 Å². The smallest absolute Gasteiger partial charge is 0.323 e. The number of urea groups is 1. The summed E-state index contributed by atoms with van der Waals surface area (Å²) in [4.78, 5) is 24.4. The van der Waals surface area contributed by atoms with Crippen LogP contribution in [0.3, 0.4) is 0 Å². The van der Waals surface area contributed by atoms with Crippen molar-refractivity contribution in [2.24, 2.45) is 11.5 Å². The number of likely N-dealkylation sites (N-methyl/N-ethyl adjacent to an activating group) is 1. The van der Waals surface area contributed by atoms with E-state index < -0.39 is 5.91 Å². The summed E-state index contributed by atoms with van der Waals surface area (Å²) in [7, 11) is 1.88. The quantitative estimate of drug-likeness (QED) is 0.172. The van der Waals surface area contributed by atoms with E-state index in [0.29, 0.717) is 28.6 Å². The number of nitrogens with zero attached hydrogens (tertiary/aromatic N) is 1. The molecule has 6 N–H and O–H groups in total. The summed E-state index contributed by atoms with van der Waals surface area (Å²) in [6.07, 6.45) is 14.6. The minimum Gasteiger partial charge on any atom is -0.465 e. The zero-order chi connectivity index (χ0) is 29.1. The number of anilines is 1. The number of allylic oxidation sites excluding steroid dienone is 8. The van der Waals surface area contributed by atoms with Gasteiger partial charge in [0, 0.05) is 30.4 Å². The van der Waals surface area contributed by atoms with Gasteiger partial charge >= 0.3 is 6.03 Å². The molecule has 0 saturated carbocycles. The Labute approximate surface area is 231 Å². The highest BCUT2D eigenvalue weighted by Gasteiger charge is 2.15. The van der Waals surface area contributed by atoms with Crippen LogP contribution in [0.4, 0.5) is 10.5 Å². The molecule has 0 radical (unpaired) electrons. The number of ether oxygens (including phenoxy) is 1. The number of amides is 3. The maximum Gasteiger partial charge on any atom is 0.323 e. The Morgan fingerprint density at radius 3 is 2.24 bits per heavy atom. The van der Waals surface area contributed by atoms with Crippen LogP contribution >= 0.6 is 11.6 Å². The molecule has 206 valence electrons. The van der Waals surface area contributed by atoms with E-state index in [1.165, 1.54) is 6.08 Å². The maximum absolute atomic E-state index is 12.6. The molecular formula is C29H40ClN5O3. The number of nitrogens with two attached hydrogens (primary N) is 2. The Hall–Kier alpha value is -4.17. The molecule has 0 bridgehead atoms. The van der Waals surface area contributed by atoms with Crippen molar-refractivity contribution in [3.05, 3.63) is 107 Å². The summed E-state index contributed by atoms with van der Waals surface area (Å²) >= 11 is 6.34. The molecule has 1 aliphatic rings. The Kier molecular flexibility index (Phi) is 16.9. The van der Waals surface area contributed by atoms with Crippen LogP contribution in [0.25, 0.3) is 0 Å². The fourth-order valence-electron chi connectivity index (χ4n) is 2.77. The first-order chi connectivity index (χ1) is 18.1. The number of hydrogen-bond acceptors (Lipinski definition) is 5. The summed E-state index contributed by atoms with van der Waals surface area (Å²) in [6.45, 7) is 13.2. The Morgan fingerprint density at radius 2 is 1.74 bits per heavy atom. The fourth-order valence-corrected chi connectivity index (χ4v) is 3.08. The average molecular weight is 542 g/mol. The predicted octanol–water partition coefficient (Wildman–Crippen LogP) is 6.40. The summed E-state index contributed by atoms with van der Waals surface area (Å²) in [5.74, 6) is 0.124. The molecular weight excluding hydrogens is 502 g/mol. The van der Waals surface area contributed by atoms with Crippen molar-refractivity contribution in [1.29, 1.82) is 0 Å². The van der Waals surface area contributed by atoms with Gasteiger partial charge in [0.15, 0.2) is 0 Å². The van der Waals surface area contributed by atoms with Crippen molar-refractivity contribution in [3.8, 4) is 5.75 Å². The first-order valence-corrected chi connectivity index (χ1v) is 12.5. The first kappa shape index (κ1) is 33.8. The van der Waals surface area contributed by atoms with E-state index in [-0.39, 0.29) is 11.7 Å². The van der Waals surface area contributed by atoms with E-state index >= 15 is 0 Å². The second-order valence-corrected chi connectivity index (χ2v) is 8.03. The van der Waals surface area contributed by atoms with Crippen LogP contribution < -0.4 is 26.8 Å². The molecule has 0 saturated heterocycles. The molecule has 1 aliphatic carbocycles. The van der Waals surface area contributed by atoms with Crippen LogP contribution in [0.1, 0.15) is 41.0 Å². The normalized spacial score (nSPS) is 13.2. The third-order valence-corrected chi connectivity index (χ3v) is 4.77. The average Bonchev–Trinajstić information content (AvgIpc) is 3.04. The molecule has 0 aliphatic heterocycles.